The second-order valence-corrected chi connectivity index (χ2v) is 4.64. The topological polar surface area (TPSA) is 64.9 Å². The van der Waals surface area contributed by atoms with Gasteiger partial charge in [0.05, 0.1) is 18.2 Å². The maximum atomic E-state index is 11.6. The van der Waals surface area contributed by atoms with Crippen LogP contribution in [0, 0.1) is 17.2 Å². The first kappa shape index (κ1) is 14.0. The number of hydrogen-bond donors (Lipinski definition) is 2. The number of benzene rings is 1. The summed E-state index contributed by atoms with van der Waals surface area (Å²) in [4.78, 5) is 11.6. The molecule has 1 unspecified atom stereocenters. The maximum Gasteiger partial charge on any atom is 0.239 e. The lowest BCUT2D eigenvalue weighted by Gasteiger charge is -2.17. The summed E-state index contributed by atoms with van der Waals surface area (Å²) in [5, 5.41) is 14.6. The standard InChI is InChI=1S/C14H19N3O/c1-10(2)11(3)17-14(18)9-16-13-6-4-12(8-15)5-7-13/h4-7,10-11,16H,9H2,1-3H3,(H,17,18). The van der Waals surface area contributed by atoms with Crippen LogP contribution < -0.4 is 10.6 Å². The van der Waals surface area contributed by atoms with Gasteiger partial charge in [0.15, 0.2) is 0 Å². The maximum absolute atomic E-state index is 11.6. The normalized spacial score (nSPS) is 11.7. The Labute approximate surface area is 108 Å². The highest BCUT2D eigenvalue weighted by Crippen LogP contribution is 2.08. The van der Waals surface area contributed by atoms with E-state index < -0.39 is 0 Å². The molecular formula is C14H19N3O. The minimum atomic E-state index is -0.0273. The smallest absolute Gasteiger partial charge is 0.239 e. The summed E-state index contributed by atoms with van der Waals surface area (Å²) < 4.78 is 0. The Balaban J connectivity index is 2.40. The Morgan fingerprint density at radius 3 is 2.39 bits per heavy atom. The SMILES string of the molecule is CC(C)C(C)NC(=O)CNc1ccc(C#N)cc1. The van der Waals surface area contributed by atoms with Gasteiger partial charge in [0.2, 0.25) is 5.91 Å². The highest BCUT2D eigenvalue weighted by Gasteiger charge is 2.10. The van der Waals surface area contributed by atoms with Crippen LogP contribution in [0.2, 0.25) is 0 Å². The van der Waals surface area contributed by atoms with Crippen molar-refractivity contribution in [1.82, 2.24) is 5.32 Å². The van der Waals surface area contributed by atoms with Gasteiger partial charge in [0, 0.05) is 11.7 Å². The van der Waals surface area contributed by atoms with Crippen molar-refractivity contribution >= 4 is 11.6 Å². The molecule has 0 aliphatic rings. The molecular weight excluding hydrogens is 226 g/mol. The van der Waals surface area contributed by atoms with E-state index in [1.165, 1.54) is 0 Å². The molecule has 0 heterocycles. The minimum Gasteiger partial charge on any atom is -0.376 e. The van der Waals surface area contributed by atoms with Gasteiger partial charge in [-0.1, -0.05) is 13.8 Å². The number of nitrogens with zero attached hydrogens (tertiary/aromatic N) is 1. The molecule has 0 aliphatic carbocycles. The summed E-state index contributed by atoms with van der Waals surface area (Å²) in [7, 11) is 0. The molecule has 1 atom stereocenters. The number of hydrogen-bond acceptors (Lipinski definition) is 3. The Bertz CT molecular complexity index is 431. The molecule has 0 aromatic heterocycles. The average molecular weight is 245 g/mol. The summed E-state index contributed by atoms with van der Waals surface area (Å²) in [5.74, 6) is 0.393. The van der Waals surface area contributed by atoms with E-state index in [-0.39, 0.29) is 18.5 Å². The third kappa shape index (κ3) is 4.46. The van der Waals surface area contributed by atoms with Crippen molar-refractivity contribution in [2.75, 3.05) is 11.9 Å². The molecule has 0 aliphatic heterocycles. The quantitative estimate of drug-likeness (QED) is 0.835. The zero-order valence-electron chi connectivity index (χ0n) is 11.0. The fourth-order valence-corrected chi connectivity index (χ4v) is 1.32. The van der Waals surface area contributed by atoms with Gasteiger partial charge in [-0.25, -0.2) is 0 Å². The van der Waals surface area contributed by atoms with Crippen LogP contribution in [-0.4, -0.2) is 18.5 Å². The first-order valence-corrected chi connectivity index (χ1v) is 6.06. The molecule has 2 N–H and O–H groups in total. The van der Waals surface area contributed by atoms with E-state index in [1.807, 2.05) is 6.92 Å². The molecule has 1 rings (SSSR count). The molecule has 0 bridgehead atoms. The third-order valence-electron chi connectivity index (χ3n) is 2.86. The predicted molar refractivity (Wildman–Crippen MR) is 72.1 cm³/mol. The van der Waals surface area contributed by atoms with Crippen molar-refractivity contribution in [2.24, 2.45) is 5.92 Å². The van der Waals surface area contributed by atoms with Gasteiger partial charge < -0.3 is 10.6 Å². The van der Waals surface area contributed by atoms with Crippen LogP contribution in [0.4, 0.5) is 5.69 Å². The Kier molecular flexibility index (Phi) is 5.19. The Morgan fingerprint density at radius 2 is 1.89 bits per heavy atom. The number of rotatable bonds is 5. The zero-order chi connectivity index (χ0) is 13.5. The zero-order valence-corrected chi connectivity index (χ0v) is 11.0. The van der Waals surface area contributed by atoms with E-state index in [2.05, 4.69) is 30.6 Å². The molecule has 0 saturated carbocycles. The minimum absolute atomic E-state index is 0.0273. The Morgan fingerprint density at radius 1 is 1.28 bits per heavy atom. The summed E-state index contributed by atoms with van der Waals surface area (Å²) in [6.45, 7) is 6.37. The van der Waals surface area contributed by atoms with Crippen LogP contribution in [0.15, 0.2) is 24.3 Å². The molecule has 4 heteroatoms. The van der Waals surface area contributed by atoms with Gasteiger partial charge in [-0.05, 0) is 37.1 Å². The van der Waals surface area contributed by atoms with Gasteiger partial charge in [-0.3, -0.25) is 4.79 Å². The molecule has 1 amide bonds. The van der Waals surface area contributed by atoms with Crippen molar-refractivity contribution in [3.05, 3.63) is 29.8 Å². The van der Waals surface area contributed by atoms with Gasteiger partial charge in [0.1, 0.15) is 0 Å². The summed E-state index contributed by atoms with van der Waals surface area (Å²) in [6, 6.07) is 9.23. The number of carbonyl (C=O) groups excluding carboxylic acids is 1. The van der Waals surface area contributed by atoms with E-state index >= 15 is 0 Å². The summed E-state index contributed by atoms with van der Waals surface area (Å²) >= 11 is 0. The fourth-order valence-electron chi connectivity index (χ4n) is 1.32. The molecule has 0 fully saturated rings. The lowest BCUT2D eigenvalue weighted by atomic mass is 10.1. The van der Waals surface area contributed by atoms with Gasteiger partial charge in [-0.15, -0.1) is 0 Å². The second-order valence-electron chi connectivity index (χ2n) is 4.64. The highest BCUT2D eigenvalue weighted by atomic mass is 16.1. The van der Waals surface area contributed by atoms with Crippen LogP contribution in [0.25, 0.3) is 0 Å². The second kappa shape index (κ2) is 6.65. The van der Waals surface area contributed by atoms with Crippen LogP contribution in [0.5, 0.6) is 0 Å². The molecule has 1 aromatic rings. The van der Waals surface area contributed by atoms with Crippen LogP contribution in [0.3, 0.4) is 0 Å². The van der Waals surface area contributed by atoms with E-state index in [9.17, 15) is 4.79 Å². The monoisotopic (exact) mass is 245 g/mol. The fraction of sp³-hybridized carbons (Fsp3) is 0.429. The molecule has 0 spiro atoms. The molecule has 0 radical (unpaired) electrons. The number of anilines is 1. The van der Waals surface area contributed by atoms with Crippen molar-refractivity contribution in [3.8, 4) is 6.07 Å². The lowest BCUT2D eigenvalue weighted by molar-refractivity contribution is -0.120. The van der Waals surface area contributed by atoms with Crippen LogP contribution >= 0.6 is 0 Å². The van der Waals surface area contributed by atoms with E-state index in [0.717, 1.165) is 5.69 Å². The largest absolute Gasteiger partial charge is 0.376 e. The number of amides is 1. The van der Waals surface area contributed by atoms with Crippen molar-refractivity contribution < 1.29 is 4.79 Å². The van der Waals surface area contributed by atoms with Crippen molar-refractivity contribution in [1.29, 1.82) is 5.26 Å². The van der Waals surface area contributed by atoms with E-state index in [1.54, 1.807) is 24.3 Å². The van der Waals surface area contributed by atoms with Crippen molar-refractivity contribution in [2.45, 2.75) is 26.8 Å². The summed E-state index contributed by atoms with van der Waals surface area (Å²) in [5.41, 5.74) is 1.44. The number of nitrogens with one attached hydrogen (secondary N) is 2. The first-order valence-electron chi connectivity index (χ1n) is 6.06. The predicted octanol–water partition coefficient (Wildman–Crippen LogP) is 2.13. The van der Waals surface area contributed by atoms with E-state index in [0.29, 0.717) is 11.5 Å². The first-order chi connectivity index (χ1) is 8.52. The van der Waals surface area contributed by atoms with Gasteiger partial charge in [-0.2, -0.15) is 5.26 Å². The van der Waals surface area contributed by atoms with Crippen LogP contribution in [-0.2, 0) is 4.79 Å². The average Bonchev–Trinajstić information content (AvgIpc) is 2.36. The molecule has 96 valence electrons. The van der Waals surface area contributed by atoms with E-state index in [4.69, 9.17) is 5.26 Å². The van der Waals surface area contributed by atoms with Gasteiger partial charge >= 0.3 is 0 Å². The number of carbonyl (C=O) groups is 1. The number of nitriles is 1. The lowest BCUT2D eigenvalue weighted by Crippen LogP contribution is -2.39. The Hall–Kier alpha value is -2.02. The summed E-state index contributed by atoms with van der Waals surface area (Å²) in [6.07, 6.45) is 0. The molecule has 18 heavy (non-hydrogen) atoms. The van der Waals surface area contributed by atoms with Gasteiger partial charge in [0.25, 0.3) is 0 Å². The van der Waals surface area contributed by atoms with Crippen molar-refractivity contribution in [3.63, 3.8) is 0 Å². The third-order valence-corrected chi connectivity index (χ3v) is 2.86. The highest BCUT2D eigenvalue weighted by molar-refractivity contribution is 5.80. The molecule has 4 nitrogen and oxygen atoms in total. The molecule has 0 saturated heterocycles. The van der Waals surface area contributed by atoms with Crippen LogP contribution in [0.1, 0.15) is 26.3 Å². The molecule has 1 aromatic carbocycles.